The number of halogens is 1. The van der Waals surface area contributed by atoms with Crippen LogP contribution in [0.5, 0.6) is 5.75 Å². The molecular formula is C14H17BrN4O2. The number of hydrogen-bond donors (Lipinski definition) is 2. The number of hydrogen-bond acceptors (Lipinski definition) is 4. The average molecular weight is 353 g/mol. The first-order chi connectivity index (χ1) is 10.1. The number of rotatable bonds is 5. The quantitative estimate of drug-likeness (QED) is 0.375. The van der Waals surface area contributed by atoms with Gasteiger partial charge in [-0.15, -0.1) is 0 Å². The predicted octanol–water partition coefficient (Wildman–Crippen LogP) is 2.65. The van der Waals surface area contributed by atoms with E-state index in [1.165, 1.54) is 0 Å². The number of amidine groups is 1. The van der Waals surface area contributed by atoms with Crippen LogP contribution in [0.25, 0.3) is 0 Å². The molecule has 0 spiro atoms. The molecule has 0 aliphatic heterocycles. The summed E-state index contributed by atoms with van der Waals surface area (Å²) in [6, 6.07) is 7.03. The maximum Gasteiger partial charge on any atom is 0.170 e. The molecule has 0 fully saturated rings. The molecule has 0 aliphatic rings. The third kappa shape index (κ3) is 3.36. The lowest BCUT2D eigenvalue weighted by Gasteiger charge is -2.09. The number of oxime groups is 1. The van der Waals surface area contributed by atoms with Crippen LogP contribution in [0.2, 0.25) is 0 Å². The largest absolute Gasteiger partial charge is 0.487 e. The monoisotopic (exact) mass is 352 g/mol. The molecule has 7 heteroatoms. The summed E-state index contributed by atoms with van der Waals surface area (Å²) < 4.78 is 8.64. The Hall–Kier alpha value is -2.02. The summed E-state index contributed by atoms with van der Waals surface area (Å²) in [5.74, 6) is 0.780. The van der Waals surface area contributed by atoms with Crippen LogP contribution in [-0.4, -0.2) is 20.8 Å². The van der Waals surface area contributed by atoms with Crippen molar-refractivity contribution in [1.82, 2.24) is 9.78 Å². The van der Waals surface area contributed by atoms with Gasteiger partial charge in [0, 0.05) is 12.1 Å². The van der Waals surface area contributed by atoms with Crippen LogP contribution in [0, 0.1) is 6.92 Å². The van der Waals surface area contributed by atoms with Crippen LogP contribution in [0.15, 0.2) is 33.9 Å². The normalized spacial score (nSPS) is 11.7. The first-order valence-electron chi connectivity index (χ1n) is 6.49. The summed E-state index contributed by atoms with van der Waals surface area (Å²) in [6.45, 7) is 5.19. The maximum atomic E-state index is 8.62. The van der Waals surface area contributed by atoms with Crippen molar-refractivity contribution < 1.29 is 9.94 Å². The zero-order chi connectivity index (χ0) is 15.4. The second-order valence-electron chi connectivity index (χ2n) is 4.46. The summed E-state index contributed by atoms with van der Waals surface area (Å²) >= 11 is 3.53. The number of ether oxygens (including phenoxy) is 1. The molecule has 3 N–H and O–H groups in total. The molecule has 1 aromatic carbocycles. The van der Waals surface area contributed by atoms with Gasteiger partial charge in [0.1, 0.15) is 12.4 Å². The van der Waals surface area contributed by atoms with E-state index in [4.69, 9.17) is 15.7 Å². The van der Waals surface area contributed by atoms with E-state index in [0.717, 1.165) is 22.4 Å². The molecule has 6 nitrogen and oxygen atoms in total. The van der Waals surface area contributed by atoms with Crippen LogP contribution >= 0.6 is 15.9 Å². The summed E-state index contributed by atoms with van der Waals surface area (Å²) in [5, 5.41) is 16.0. The summed E-state index contributed by atoms with van der Waals surface area (Å²) in [7, 11) is 0. The molecule has 112 valence electrons. The fourth-order valence-electron chi connectivity index (χ4n) is 1.94. The average Bonchev–Trinajstić information content (AvgIpc) is 2.79. The molecule has 0 aliphatic carbocycles. The molecule has 2 aromatic rings. The predicted molar refractivity (Wildman–Crippen MR) is 83.6 cm³/mol. The van der Waals surface area contributed by atoms with Crippen LogP contribution in [0.1, 0.15) is 23.9 Å². The van der Waals surface area contributed by atoms with Gasteiger partial charge in [0.15, 0.2) is 5.84 Å². The lowest BCUT2D eigenvalue weighted by Crippen LogP contribution is -2.12. The standard InChI is InChI=1S/C14H17BrN4O2/c1-3-19-12(13(15)9(2)17-19)8-21-11-6-4-10(5-7-11)14(16)18-20/h4-7,20H,3,8H2,1-2H3,(H2,16,18). The first-order valence-corrected chi connectivity index (χ1v) is 7.28. The minimum absolute atomic E-state index is 0.0731. The number of aromatic nitrogens is 2. The lowest BCUT2D eigenvalue weighted by molar-refractivity contribution is 0.291. The number of nitrogens with zero attached hydrogens (tertiary/aromatic N) is 3. The maximum absolute atomic E-state index is 8.62. The van der Waals surface area contributed by atoms with Gasteiger partial charge >= 0.3 is 0 Å². The molecule has 0 amide bonds. The highest BCUT2D eigenvalue weighted by Gasteiger charge is 2.12. The number of nitrogens with two attached hydrogens (primary N) is 1. The topological polar surface area (TPSA) is 85.7 Å². The molecule has 0 radical (unpaired) electrons. The highest BCUT2D eigenvalue weighted by Crippen LogP contribution is 2.23. The van der Waals surface area contributed by atoms with E-state index in [2.05, 4.69) is 26.2 Å². The molecule has 0 atom stereocenters. The molecule has 0 bridgehead atoms. The smallest absolute Gasteiger partial charge is 0.170 e. The van der Waals surface area contributed by atoms with Gasteiger partial charge in [-0.25, -0.2) is 0 Å². The number of benzene rings is 1. The van der Waals surface area contributed by atoms with Gasteiger partial charge < -0.3 is 15.7 Å². The van der Waals surface area contributed by atoms with E-state index in [0.29, 0.717) is 17.9 Å². The minimum Gasteiger partial charge on any atom is -0.487 e. The van der Waals surface area contributed by atoms with Crippen molar-refractivity contribution in [2.24, 2.45) is 10.9 Å². The number of aryl methyl sites for hydroxylation is 2. The Balaban J connectivity index is 2.10. The third-order valence-corrected chi connectivity index (χ3v) is 4.12. The van der Waals surface area contributed by atoms with Gasteiger partial charge in [0.2, 0.25) is 0 Å². The van der Waals surface area contributed by atoms with Crippen LogP contribution in [0.3, 0.4) is 0 Å². The van der Waals surface area contributed by atoms with Crippen molar-refractivity contribution in [3.8, 4) is 5.75 Å². The van der Waals surface area contributed by atoms with Crippen molar-refractivity contribution in [3.05, 3.63) is 45.7 Å². The molecule has 1 heterocycles. The fraction of sp³-hybridized carbons (Fsp3) is 0.286. The van der Waals surface area contributed by atoms with Crippen molar-refractivity contribution >= 4 is 21.8 Å². The van der Waals surface area contributed by atoms with Gasteiger partial charge in [-0.05, 0) is 54.0 Å². The van der Waals surface area contributed by atoms with Crippen molar-refractivity contribution in [1.29, 1.82) is 0 Å². The highest BCUT2D eigenvalue weighted by atomic mass is 79.9. The van der Waals surface area contributed by atoms with E-state index in [9.17, 15) is 0 Å². The van der Waals surface area contributed by atoms with Gasteiger partial charge in [0.05, 0.1) is 15.9 Å². The van der Waals surface area contributed by atoms with E-state index < -0.39 is 0 Å². The van der Waals surface area contributed by atoms with Crippen LogP contribution < -0.4 is 10.5 Å². The van der Waals surface area contributed by atoms with Crippen LogP contribution in [0.4, 0.5) is 0 Å². The summed E-state index contributed by atoms with van der Waals surface area (Å²) in [6.07, 6.45) is 0. The Morgan fingerprint density at radius 3 is 2.67 bits per heavy atom. The Kier molecular flexibility index (Phi) is 4.85. The van der Waals surface area contributed by atoms with E-state index in [1.807, 2.05) is 18.5 Å². The molecule has 21 heavy (non-hydrogen) atoms. The van der Waals surface area contributed by atoms with E-state index in [1.54, 1.807) is 24.3 Å². The van der Waals surface area contributed by atoms with Crippen LogP contribution in [-0.2, 0) is 13.2 Å². The molecular weight excluding hydrogens is 336 g/mol. The molecule has 0 saturated heterocycles. The highest BCUT2D eigenvalue weighted by molar-refractivity contribution is 9.10. The molecule has 0 unspecified atom stereocenters. The summed E-state index contributed by atoms with van der Waals surface area (Å²) in [5.41, 5.74) is 8.09. The van der Waals surface area contributed by atoms with E-state index in [-0.39, 0.29) is 5.84 Å². The Labute approximate surface area is 131 Å². The van der Waals surface area contributed by atoms with Crippen molar-refractivity contribution in [2.75, 3.05) is 0 Å². The van der Waals surface area contributed by atoms with Gasteiger partial charge in [-0.2, -0.15) is 5.10 Å². The van der Waals surface area contributed by atoms with Gasteiger partial charge in [-0.3, -0.25) is 4.68 Å². The Morgan fingerprint density at radius 2 is 2.10 bits per heavy atom. The molecule has 2 rings (SSSR count). The van der Waals surface area contributed by atoms with Gasteiger partial charge in [0.25, 0.3) is 0 Å². The third-order valence-electron chi connectivity index (χ3n) is 3.09. The first kappa shape index (κ1) is 15.4. The van der Waals surface area contributed by atoms with E-state index >= 15 is 0 Å². The molecule has 1 aromatic heterocycles. The molecule has 0 saturated carbocycles. The zero-order valence-corrected chi connectivity index (χ0v) is 13.5. The lowest BCUT2D eigenvalue weighted by atomic mass is 10.2. The van der Waals surface area contributed by atoms with Crippen molar-refractivity contribution in [3.63, 3.8) is 0 Å². The Bertz CT molecular complexity index is 650. The second-order valence-corrected chi connectivity index (χ2v) is 5.25. The Morgan fingerprint density at radius 1 is 1.43 bits per heavy atom. The second kappa shape index (κ2) is 6.62. The van der Waals surface area contributed by atoms with Gasteiger partial charge in [-0.1, -0.05) is 5.16 Å². The zero-order valence-electron chi connectivity index (χ0n) is 11.9. The minimum atomic E-state index is 0.0731. The fourth-order valence-corrected chi connectivity index (χ4v) is 2.34. The van der Waals surface area contributed by atoms with Crippen molar-refractivity contribution in [2.45, 2.75) is 27.0 Å². The summed E-state index contributed by atoms with van der Waals surface area (Å²) in [4.78, 5) is 0. The SMILES string of the molecule is CCn1nc(C)c(Br)c1COc1ccc(C(N)=NO)cc1.